The van der Waals surface area contributed by atoms with Crippen LogP contribution in [0.3, 0.4) is 0 Å². The van der Waals surface area contributed by atoms with Gasteiger partial charge in [0.15, 0.2) is 0 Å². The summed E-state index contributed by atoms with van der Waals surface area (Å²) in [6.07, 6.45) is 0.259. The molecule has 0 unspecified atom stereocenters. The second-order valence-corrected chi connectivity index (χ2v) is 4.69. The first-order valence-electron chi connectivity index (χ1n) is 6.69. The average Bonchev–Trinajstić information content (AvgIpc) is 2.50. The zero-order valence-corrected chi connectivity index (χ0v) is 11.8. The standard InChI is InChI=1S/C17H16N2O2/c1-13-2-4-14(5-3-13)10-11-19-17(20)21-16-8-6-15(12-18)7-9-16/h2-9H,10-11H2,1H3,(H,19,20). The maximum absolute atomic E-state index is 11.6. The molecule has 0 bridgehead atoms. The maximum atomic E-state index is 11.6. The van der Waals surface area contributed by atoms with Crippen LogP contribution in [0.1, 0.15) is 16.7 Å². The Morgan fingerprint density at radius 3 is 2.43 bits per heavy atom. The molecule has 4 heteroatoms. The number of nitrogens with one attached hydrogen (secondary N) is 1. The van der Waals surface area contributed by atoms with Gasteiger partial charge in [-0.15, -0.1) is 0 Å². The molecule has 0 aliphatic rings. The van der Waals surface area contributed by atoms with Crippen LogP contribution in [0.5, 0.6) is 5.75 Å². The lowest BCUT2D eigenvalue weighted by Crippen LogP contribution is -2.28. The van der Waals surface area contributed by atoms with Crippen molar-refractivity contribution in [3.63, 3.8) is 0 Å². The Morgan fingerprint density at radius 1 is 1.14 bits per heavy atom. The molecule has 4 nitrogen and oxygen atoms in total. The van der Waals surface area contributed by atoms with Crippen molar-refractivity contribution in [2.75, 3.05) is 6.54 Å². The predicted octanol–water partition coefficient (Wildman–Crippen LogP) is 3.20. The second kappa shape index (κ2) is 7.11. The van der Waals surface area contributed by atoms with Crippen LogP contribution in [0, 0.1) is 18.3 Å². The van der Waals surface area contributed by atoms with E-state index in [1.807, 2.05) is 37.3 Å². The van der Waals surface area contributed by atoms with Crippen LogP contribution in [0.2, 0.25) is 0 Å². The highest BCUT2D eigenvalue weighted by Gasteiger charge is 2.03. The highest BCUT2D eigenvalue weighted by atomic mass is 16.5. The summed E-state index contributed by atoms with van der Waals surface area (Å²) in [7, 11) is 0. The molecule has 0 heterocycles. The Balaban J connectivity index is 1.76. The number of aryl methyl sites for hydroxylation is 1. The molecule has 106 valence electrons. The molecule has 0 radical (unpaired) electrons. The van der Waals surface area contributed by atoms with Gasteiger partial charge in [0.05, 0.1) is 11.6 Å². The van der Waals surface area contributed by atoms with Gasteiger partial charge in [-0.25, -0.2) is 4.79 Å². The van der Waals surface area contributed by atoms with E-state index in [-0.39, 0.29) is 0 Å². The molecule has 1 amide bonds. The van der Waals surface area contributed by atoms with Gasteiger partial charge in [0.25, 0.3) is 0 Å². The number of nitriles is 1. The van der Waals surface area contributed by atoms with E-state index in [1.54, 1.807) is 24.3 Å². The van der Waals surface area contributed by atoms with Gasteiger partial charge in [0.1, 0.15) is 5.75 Å². The number of nitrogens with zero attached hydrogens (tertiary/aromatic N) is 1. The van der Waals surface area contributed by atoms with E-state index in [2.05, 4.69) is 5.32 Å². The molecule has 0 aromatic heterocycles. The molecule has 1 N–H and O–H groups in total. The molecule has 0 aliphatic carbocycles. The van der Waals surface area contributed by atoms with E-state index < -0.39 is 6.09 Å². The quantitative estimate of drug-likeness (QED) is 0.935. The van der Waals surface area contributed by atoms with Crippen molar-refractivity contribution in [3.8, 4) is 11.8 Å². The lowest BCUT2D eigenvalue weighted by molar-refractivity contribution is 0.200. The molecule has 2 rings (SSSR count). The van der Waals surface area contributed by atoms with Gasteiger partial charge in [-0.2, -0.15) is 5.26 Å². The van der Waals surface area contributed by atoms with Gasteiger partial charge >= 0.3 is 6.09 Å². The number of rotatable bonds is 4. The Labute approximate surface area is 124 Å². The SMILES string of the molecule is Cc1ccc(CCNC(=O)Oc2ccc(C#N)cc2)cc1. The van der Waals surface area contributed by atoms with Gasteiger partial charge in [-0.05, 0) is 43.2 Å². The van der Waals surface area contributed by atoms with Gasteiger partial charge < -0.3 is 10.1 Å². The van der Waals surface area contributed by atoms with Crippen LogP contribution in [-0.2, 0) is 6.42 Å². The number of ether oxygens (including phenoxy) is 1. The smallest absolute Gasteiger partial charge is 0.410 e. The summed E-state index contributed by atoms with van der Waals surface area (Å²) in [5, 5.41) is 11.4. The number of benzene rings is 2. The van der Waals surface area contributed by atoms with E-state index in [4.69, 9.17) is 10.00 Å². The van der Waals surface area contributed by atoms with Gasteiger partial charge in [-0.3, -0.25) is 0 Å². The van der Waals surface area contributed by atoms with Crippen molar-refractivity contribution in [1.82, 2.24) is 5.32 Å². The average molecular weight is 280 g/mol. The van der Waals surface area contributed by atoms with Crippen LogP contribution in [0.15, 0.2) is 48.5 Å². The molecule has 2 aromatic rings. The molecule has 0 saturated carbocycles. The highest BCUT2D eigenvalue weighted by molar-refractivity contribution is 5.70. The number of carbonyl (C=O) groups excluding carboxylic acids is 1. The maximum Gasteiger partial charge on any atom is 0.412 e. The van der Waals surface area contributed by atoms with Crippen LogP contribution < -0.4 is 10.1 Å². The number of hydrogen-bond acceptors (Lipinski definition) is 3. The summed E-state index contributed by atoms with van der Waals surface area (Å²) in [6.45, 7) is 2.55. The minimum absolute atomic E-state index is 0.418. The summed E-state index contributed by atoms with van der Waals surface area (Å²) in [5.74, 6) is 0.418. The van der Waals surface area contributed by atoms with Crippen molar-refractivity contribution in [3.05, 3.63) is 65.2 Å². The van der Waals surface area contributed by atoms with Crippen LogP contribution in [-0.4, -0.2) is 12.6 Å². The van der Waals surface area contributed by atoms with Crippen LogP contribution in [0.4, 0.5) is 4.79 Å². The summed E-state index contributed by atoms with van der Waals surface area (Å²) >= 11 is 0. The summed E-state index contributed by atoms with van der Waals surface area (Å²) in [5.41, 5.74) is 2.91. The van der Waals surface area contributed by atoms with Crippen molar-refractivity contribution in [2.24, 2.45) is 0 Å². The first-order chi connectivity index (χ1) is 10.2. The van der Waals surface area contributed by atoms with E-state index in [9.17, 15) is 4.79 Å². The molecule has 0 atom stereocenters. The number of hydrogen-bond donors (Lipinski definition) is 1. The normalized spacial score (nSPS) is 9.71. The fraction of sp³-hybridized carbons (Fsp3) is 0.176. The predicted molar refractivity (Wildman–Crippen MR) is 80.1 cm³/mol. The van der Waals surface area contributed by atoms with E-state index in [0.29, 0.717) is 17.9 Å². The summed E-state index contributed by atoms with van der Waals surface area (Å²) < 4.78 is 5.11. The zero-order chi connectivity index (χ0) is 15.1. The lowest BCUT2D eigenvalue weighted by atomic mass is 10.1. The first-order valence-corrected chi connectivity index (χ1v) is 6.69. The number of amides is 1. The number of carbonyl (C=O) groups is 1. The highest BCUT2D eigenvalue weighted by Crippen LogP contribution is 2.11. The fourth-order valence-corrected chi connectivity index (χ4v) is 1.80. The van der Waals surface area contributed by atoms with E-state index >= 15 is 0 Å². The topological polar surface area (TPSA) is 62.1 Å². The Hall–Kier alpha value is -2.80. The molecular weight excluding hydrogens is 264 g/mol. The largest absolute Gasteiger partial charge is 0.412 e. The fourth-order valence-electron chi connectivity index (χ4n) is 1.80. The summed E-state index contributed by atoms with van der Waals surface area (Å²) in [6, 6.07) is 16.6. The van der Waals surface area contributed by atoms with Crippen molar-refractivity contribution >= 4 is 6.09 Å². The van der Waals surface area contributed by atoms with Crippen LogP contribution in [0.25, 0.3) is 0 Å². The molecule has 0 saturated heterocycles. The molecule has 21 heavy (non-hydrogen) atoms. The van der Waals surface area contributed by atoms with Gasteiger partial charge in [0, 0.05) is 6.54 Å². The Kier molecular flexibility index (Phi) is 4.94. The molecular formula is C17H16N2O2. The van der Waals surface area contributed by atoms with Crippen molar-refractivity contribution in [1.29, 1.82) is 5.26 Å². The Bertz CT molecular complexity index is 640. The third kappa shape index (κ3) is 4.66. The van der Waals surface area contributed by atoms with Crippen molar-refractivity contribution in [2.45, 2.75) is 13.3 Å². The molecule has 0 fully saturated rings. The molecule has 0 aliphatic heterocycles. The van der Waals surface area contributed by atoms with E-state index in [1.165, 1.54) is 11.1 Å². The minimum Gasteiger partial charge on any atom is -0.410 e. The third-order valence-electron chi connectivity index (χ3n) is 3.00. The van der Waals surface area contributed by atoms with Crippen molar-refractivity contribution < 1.29 is 9.53 Å². The van der Waals surface area contributed by atoms with Crippen LogP contribution >= 0.6 is 0 Å². The molecule has 0 spiro atoms. The lowest BCUT2D eigenvalue weighted by Gasteiger charge is -2.07. The van der Waals surface area contributed by atoms with E-state index in [0.717, 1.165) is 6.42 Å². The Morgan fingerprint density at radius 2 is 1.81 bits per heavy atom. The van der Waals surface area contributed by atoms with Gasteiger partial charge in [-0.1, -0.05) is 29.8 Å². The van der Waals surface area contributed by atoms with Gasteiger partial charge in [0.2, 0.25) is 0 Å². The molecule has 2 aromatic carbocycles. The minimum atomic E-state index is -0.494. The second-order valence-electron chi connectivity index (χ2n) is 4.69. The monoisotopic (exact) mass is 280 g/mol. The summed E-state index contributed by atoms with van der Waals surface area (Å²) in [4.78, 5) is 11.6. The first kappa shape index (κ1) is 14.6. The zero-order valence-electron chi connectivity index (χ0n) is 11.8. The third-order valence-corrected chi connectivity index (χ3v) is 3.00.